The Hall–Kier alpha value is -3.02. The van der Waals surface area contributed by atoms with Gasteiger partial charge in [0.25, 0.3) is 5.91 Å². The van der Waals surface area contributed by atoms with Gasteiger partial charge < -0.3 is 19.5 Å². The first-order valence-corrected chi connectivity index (χ1v) is 14.1. The van der Waals surface area contributed by atoms with Crippen molar-refractivity contribution in [3.63, 3.8) is 0 Å². The molecule has 0 unspecified atom stereocenters. The molecule has 0 saturated heterocycles. The SMILES string of the molecule is CC(=O)O[C@H]1CC[C@@]23Oc4c(c(OCc5ccccc5)cc5c4CNC5=O)C[C@]2(C)[C@@H](C)CC[C@H]3C1(C)C. The van der Waals surface area contributed by atoms with Gasteiger partial charge in [-0.1, -0.05) is 58.0 Å². The fourth-order valence-electron chi connectivity index (χ4n) is 8.20. The Kier molecular flexibility index (Phi) is 5.82. The van der Waals surface area contributed by atoms with Gasteiger partial charge in [-0.2, -0.15) is 0 Å². The van der Waals surface area contributed by atoms with Gasteiger partial charge in [-0.25, -0.2) is 0 Å². The molecule has 6 nitrogen and oxygen atoms in total. The quantitative estimate of drug-likeness (QED) is 0.505. The molecule has 6 rings (SSSR count). The molecule has 2 fully saturated rings. The van der Waals surface area contributed by atoms with Crippen molar-refractivity contribution in [3.8, 4) is 11.5 Å². The molecule has 2 aliphatic carbocycles. The first-order chi connectivity index (χ1) is 18.1. The van der Waals surface area contributed by atoms with Crippen LogP contribution in [0.5, 0.6) is 11.5 Å². The van der Waals surface area contributed by atoms with E-state index in [2.05, 4.69) is 45.1 Å². The topological polar surface area (TPSA) is 73.9 Å². The molecule has 1 amide bonds. The second-order valence-corrected chi connectivity index (χ2v) is 12.7. The normalized spacial score (nSPS) is 32.6. The summed E-state index contributed by atoms with van der Waals surface area (Å²) >= 11 is 0. The Bertz CT molecular complexity index is 1290. The van der Waals surface area contributed by atoms with Gasteiger partial charge in [0, 0.05) is 41.3 Å². The molecule has 2 aromatic carbocycles. The molecule has 6 heteroatoms. The Morgan fingerprint density at radius 2 is 1.87 bits per heavy atom. The third kappa shape index (κ3) is 3.59. The van der Waals surface area contributed by atoms with E-state index in [9.17, 15) is 9.59 Å². The third-order valence-electron chi connectivity index (χ3n) is 10.5. The van der Waals surface area contributed by atoms with E-state index in [1.807, 2.05) is 24.3 Å². The molecule has 2 heterocycles. The molecular formula is C32H39NO5. The molecule has 38 heavy (non-hydrogen) atoms. The summed E-state index contributed by atoms with van der Waals surface area (Å²) in [6.45, 7) is 11.7. The number of benzene rings is 2. The molecule has 1 spiro atoms. The number of hydrogen-bond donors (Lipinski definition) is 1. The van der Waals surface area contributed by atoms with Crippen LogP contribution in [0.3, 0.4) is 0 Å². The fraction of sp³-hybridized carbons (Fsp3) is 0.562. The van der Waals surface area contributed by atoms with E-state index < -0.39 is 5.60 Å². The lowest BCUT2D eigenvalue weighted by Gasteiger charge is -2.67. The summed E-state index contributed by atoms with van der Waals surface area (Å²) in [4.78, 5) is 24.8. The molecule has 2 aliphatic heterocycles. The summed E-state index contributed by atoms with van der Waals surface area (Å²) in [5.41, 5.74) is 3.00. The Labute approximate surface area is 225 Å². The van der Waals surface area contributed by atoms with Crippen LogP contribution >= 0.6 is 0 Å². The highest BCUT2D eigenvalue weighted by Gasteiger charge is 2.68. The molecule has 2 saturated carbocycles. The predicted octanol–water partition coefficient (Wildman–Crippen LogP) is 5.99. The maximum absolute atomic E-state index is 12.8. The van der Waals surface area contributed by atoms with E-state index in [1.165, 1.54) is 6.92 Å². The summed E-state index contributed by atoms with van der Waals surface area (Å²) in [5, 5.41) is 3.01. The fourth-order valence-corrected chi connectivity index (χ4v) is 8.20. The summed E-state index contributed by atoms with van der Waals surface area (Å²) in [6, 6.07) is 12.0. The van der Waals surface area contributed by atoms with Crippen LogP contribution in [-0.2, 0) is 29.1 Å². The van der Waals surface area contributed by atoms with Crippen LogP contribution in [0.25, 0.3) is 0 Å². The summed E-state index contributed by atoms with van der Waals surface area (Å²) in [6.07, 6.45) is 4.42. The van der Waals surface area contributed by atoms with E-state index in [1.54, 1.807) is 0 Å². The predicted molar refractivity (Wildman–Crippen MR) is 144 cm³/mol. The first-order valence-electron chi connectivity index (χ1n) is 14.1. The van der Waals surface area contributed by atoms with Crippen molar-refractivity contribution in [2.24, 2.45) is 22.7 Å². The number of carbonyl (C=O) groups excluding carboxylic acids is 2. The number of carbonyl (C=O) groups is 2. The van der Waals surface area contributed by atoms with Gasteiger partial charge in [0.15, 0.2) is 0 Å². The van der Waals surface area contributed by atoms with Gasteiger partial charge in [0.05, 0.1) is 5.56 Å². The van der Waals surface area contributed by atoms with E-state index in [0.29, 0.717) is 24.6 Å². The minimum absolute atomic E-state index is 0.0748. The monoisotopic (exact) mass is 517 g/mol. The minimum atomic E-state index is -0.407. The van der Waals surface area contributed by atoms with Crippen LogP contribution in [0.15, 0.2) is 36.4 Å². The van der Waals surface area contributed by atoms with E-state index in [4.69, 9.17) is 14.2 Å². The lowest BCUT2D eigenvalue weighted by molar-refractivity contribution is -0.238. The van der Waals surface area contributed by atoms with Gasteiger partial charge in [-0.15, -0.1) is 0 Å². The minimum Gasteiger partial charge on any atom is -0.488 e. The zero-order valence-electron chi connectivity index (χ0n) is 23.2. The van der Waals surface area contributed by atoms with Crippen molar-refractivity contribution in [1.82, 2.24) is 5.32 Å². The standard InChI is InChI=1S/C32H39NO5/c1-19-11-12-26-30(3,4)27(37-20(2)34)13-14-32(26)31(19,5)16-23-25(36-18-21-9-7-6-8-10-21)15-22-24(28(23)38-32)17-33-29(22)35/h6-10,15,19,26-27H,11-14,16-18H2,1-5H3,(H,33,35)/t19-,26-,27-,31+,32-/m0/s1. The number of esters is 1. The molecule has 0 aromatic heterocycles. The summed E-state index contributed by atoms with van der Waals surface area (Å²) < 4.78 is 19.7. The number of amides is 1. The van der Waals surface area contributed by atoms with Crippen molar-refractivity contribution in [2.45, 2.75) is 91.6 Å². The smallest absolute Gasteiger partial charge is 0.302 e. The maximum atomic E-state index is 12.8. The molecule has 1 N–H and O–H groups in total. The van der Waals surface area contributed by atoms with Gasteiger partial charge >= 0.3 is 5.97 Å². The molecule has 5 atom stereocenters. The summed E-state index contributed by atoms with van der Waals surface area (Å²) in [7, 11) is 0. The van der Waals surface area contributed by atoms with Crippen LogP contribution < -0.4 is 14.8 Å². The Morgan fingerprint density at radius 3 is 2.61 bits per heavy atom. The van der Waals surface area contributed by atoms with Crippen molar-refractivity contribution in [1.29, 1.82) is 0 Å². The zero-order chi connectivity index (χ0) is 26.9. The molecule has 4 aliphatic rings. The van der Waals surface area contributed by atoms with E-state index in [-0.39, 0.29) is 34.7 Å². The highest BCUT2D eigenvalue weighted by molar-refractivity contribution is 6.00. The van der Waals surface area contributed by atoms with Crippen molar-refractivity contribution < 1.29 is 23.8 Å². The van der Waals surface area contributed by atoms with Crippen LogP contribution in [0.2, 0.25) is 0 Å². The second-order valence-electron chi connectivity index (χ2n) is 12.7. The van der Waals surface area contributed by atoms with Crippen LogP contribution in [0.4, 0.5) is 0 Å². The molecule has 0 bridgehead atoms. The van der Waals surface area contributed by atoms with E-state index in [0.717, 1.165) is 60.3 Å². The number of ether oxygens (including phenoxy) is 3. The lowest BCUT2D eigenvalue weighted by atomic mass is 9.43. The number of hydrogen-bond acceptors (Lipinski definition) is 5. The first kappa shape index (κ1) is 25.3. The largest absolute Gasteiger partial charge is 0.488 e. The average molecular weight is 518 g/mol. The highest BCUT2D eigenvalue weighted by Crippen LogP contribution is 2.67. The van der Waals surface area contributed by atoms with Gasteiger partial charge in [-0.3, -0.25) is 9.59 Å². The molecular weight excluding hydrogens is 478 g/mol. The number of fused-ring (bicyclic) bond motifs is 3. The van der Waals surface area contributed by atoms with Crippen LogP contribution in [-0.4, -0.2) is 23.6 Å². The van der Waals surface area contributed by atoms with Gasteiger partial charge in [0.2, 0.25) is 0 Å². The lowest BCUT2D eigenvalue weighted by Crippen LogP contribution is -2.70. The molecule has 2 aromatic rings. The van der Waals surface area contributed by atoms with Crippen LogP contribution in [0.1, 0.15) is 87.4 Å². The van der Waals surface area contributed by atoms with Crippen molar-refractivity contribution >= 4 is 11.9 Å². The Balaban J connectivity index is 1.46. The highest BCUT2D eigenvalue weighted by atomic mass is 16.5. The average Bonchev–Trinajstić information content (AvgIpc) is 3.25. The third-order valence-corrected chi connectivity index (χ3v) is 10.5. The van der Waals surface area contributed by atoms with Crippen molar-refractivity contribution in [3.05, 3.63) is 58.7 Å². The van der Waals surface area contributed by atoms with Crippen molar-refractivity contribution in [2.75, 3.05) is 0 Å². The number of nitrogens with one attached hydrogen (secondary N) is 1. The van der Waals surface area contributed by atoms with Gasteiger partial charge in [0.1, 0.15) is 29.8 Å². The second kappa shape index (κ2) is 8.75. The Morgan fingerprint density at radius 1 is 1.11 bits per heavy atom. The van der Waals surface area contributed by atoms with E-state index >= 15 is 0 Å². The molecule has 202 valence electrons. The zero-order valence-corrected chi connectivity index (χ0v) is 23.2. The summed E-state index contributed by atoms with van der Waals surface area (Å²) in [5.74, 6) is 1.96. The molecule has 0 radical (unpaired) electrons. The van der Waals surface area contributed by atoms with Gasteiger partial charge in [-0.05, 0) is 49.7 Å². The maximum Gasteiger partial charge on any atom is 0.302 e. The number of rotatable bonds is 4. The van der Waals surface area contributed by atoms with Crippen LogP contribution in [0, 0.1) is 22.7 Å².